The molecule has 4 aromatic rings. The van der Waals surface area contributed by atoms with Crippen LogP contribution in [0.25, 0.3) is 11.3 Å². The van der Waals surface area contributed by atoms with Crippen LogP contribution < -0.4 is 4.74 Å². The van der Waals surface area contributed by atoms with Crippen LogP contribution in [0.1, 0.15) is 30.5 Å². The van der Waals surface area contributed by atoms with Gasteiger partial charge in [0, 0.05) is 32.2 Å². The number of hydrogen-bond acceptors (Lipinski definition) is 4. The second-order valence-corrected chi connectivity index (χ2v) is 9.97. The van der Waals surface area contributed by atoms with Crippen LogP contribution in [0, 0.1) is 12.8 Å². The van der Waals surface area contributed by atoms with Crippen LogP contribution in [0.15, 0.2) is 84.9 Å². The lowest BCUT2D eigenvalue weighted by molar-refractivity contribution is 0.101. The summed E-state index contributed by atoms with van der Waals surface area (Å²) in [5.41, 5.74) is 5.32. The first-order valence-corrected chi connectivity index (χ1v) is 12.7. The van der Waals surface area contributed by atoms with Gasteiger partial charge in [0.15, 0.2) is 0 Å². The normalized spacial score (nSPS) is 12.3. The minimum Gasteiger partial charge on any atom is -0.439 e. The Morgan fingerprint density at radius 2 is 1.53 bits per heavy atom. The zero-order chi connectivity index (χ0) is 25.5. The number of aryl methyl sites for hydroxylation is 2. The molecule has 1 atom stereocenters. The molecule has 0 radical (unpaired) electrons. The van der Waals surface area contributed by atoms with Crippen LogP contribution in [-0.2, 0) is 20.0 Å². The summed E-state index contributed by atoms with van der Waals surface area (Å²) in [7, 11) is 1.93. The van der Waals surface area contributed by atoms with Gasteiger partial charge in [0.2, 0.25) is 5.88 Å². The van der Waals surface area contributed by atoms with E-state index in [9.17, 15) is 5.11 Å². The third kappa shape index (κ3) is 6.84. The first-order chi connectivity index (χ1) is 17.4. The van der Waals surface area contributed by atoms with Crippen LogP contribution >= 0.6 is 0 Å². The van der Waals surface area contributed by atoms with Crippen molar-refractivity contribution in [3.8, 4) is 22.9 Å². The maximum atomic E-state index is 11.0. The van der Waals surface area contributed by atoms with Crippen LogP contribution in [0.3, 0.4) is 0 Å². The first kappa shape index (κ1) is 25.7. The fourth-order valence-electron chi connectivity index (χ4n) is 4.56. The molecule has 4 rings (SSSR count). The highest BCUT2D eigenvalue weighted by Crippen LogP contribution is 2.34. The lowest BCUT2D eigenvalue weighted by atomic mass is 10.0. The van der Waals surface area contributed by atoms with E-state index in [1.807, 2.05) is 60.3 Å². The lowest BCUT2D eigenvalue weighted by Crippen LogP contribution is -2.35. The number of ether oxygens (including phenoxy) is 1. The van der Waals surface area contributed by atoms with Gasteiger partial charge in [0.25, 0.3) is 0 Å². The topological polar surface area (TPSA) is 50.5 Å². The van der Waals surface area contributed by atoms with E-state index in [1.54, 1.807) is 0 Å². The molecule has 0 spiro atoms. The fourth-order valence-corrected chi connectivity index (χ4v) is 4.56. The van der Waals surface area contributed by atoms with E-state index in [-0.39, 0.29) is 0 Å². The highest BCUT2D eigenvalue weighted by atomic mass is 16.5. The second-order valence-electron chi connectivity index (χ2n) is 9.97. The van der Waals surface area contributed by atoms with E-state index in [1.165, 1.54) is 5.56 Å². The second kappa shape index (κ2) is 12.0. The van der Waals surface area contributed by atoms with Crippen molar-refractivity contribution in [1.29, 1.82) is 0 Å². The molecule has 188 valence electrons. The van der Waals surface area contributed by atoms with Crippen molar-refractivity contribution < 1.29 is 9.84 Å². The number of aromatic nitrogens is 2. The summed E-state index contributed by atoms with van der Waals surface area (Å²) in [6.45, 7) is 8.54. The lowest BCUT2D eigenvalue weighted by Gasteiger charge is -2.27. The number of nitrogens with zero attached hydrogens (tertiary/aromatic N) is 3. The van der Waals surface area contributed by atoms with Gasteiger partial charge in [-0.1, -0.05) is 92.2 Å². The average Bonchev–Trinajstić information content (AvgIpc) is 3.16. The fraction of sp³-hybridized carbons (Fsp3) is 0.323. The number of aliphatic hydroxyl groups excluding tert-OH is 1. The van der Waals surface area contributed by atoms with E-state index in [4.69, 9.17) is 9.84 Å². The highest BCUT2D eigenvalue weighted by Gasteiger charge is 2.24. The summed E-state index contributed by atoms with van der Waals surface area (Å²) in [6.07, 6.45) is 0.158. The zero-order valence-corrected chi connectivity index (χ0v) is 21.8. The molecule has 1 aromatic heterocycles. The molecule has 1 unspecified atom stereocenters. The van der Waals surface area contributed by atoms with Crippen molar-refractivity contribution in [3.05, 3.63) is 102 Å². The summed E-state index contributed by atoms with van der Waals surface area (Å²) in [5.74, 6) is 1.96. The standard InChI is InChI=1S/C31H37N3O2/c1-23(2)20-34(21-27(35)19-25-11-7-5-8-12-25)22-29-30(26-13-9-6-10-14-26)32-33(4)31(29)36-28-17-15-24(3)16-18-28/h5-18,23,27,35H,19-22H2,1-4H3. The zero-order valence-electron chi connectivity index (χ0n) is 21.8. The molecular formula is C31H37N3O2. The number of hydrogen-bond donors (Lipinski definition) is 1. The summed E-state index contributed by atoms with van der Waals surface area (Å²) in [6, 6.07) is 28.5. The van der Waals surface area contributed by atoms with E-state index < -0.39 is 6.10 Å². The molecule has 5 nitrogen and oxygen atoms in total. The quantitative estimate of drug-likeness (QED) is 0.274. The van der Waals surface area contributed by atoms with E-state index in [0.717, 1.165) is 40.6 Å². The van der Waals surface area contributed by atoms with Gasteiger partial charge in [-0.25, -0.2) is 4.68 Å². The van der Waals surface area contributed by atoms with Gasteiger partial charge in [-0.15, -0.1) is 0 Å². The van der Waals surface area contributed by atoms with Crippen molar-refractivity contribution in [2.24, 2.45) is 13.0 Å². The molecule has 0 aliphatic heterocycles. The Morgan fingerprint density at radius 1 is 0.889 bits per heavy atom. The third-order valence-electron chi connectivity index (χ3n) is 6.16. The van der Waals surface area contributed by atoms with Crippen LogP contribution in [-0.4, -0.2) is 39.0 Å². The number of rotatable bonds is 11. The largest absolute Gasteiger partial charge is 0.439 e. The summed E-state index contributed by atoms with van der Waals surface area (Å²) < 4.78 is 8.24. The molecule has 0 bridgehead atoms. The molecule has 1 N–H and O–H groups in total. The predicted octanol–water partition coefficient (Wildman–Crippen LogP) is 6.25. The van der Waals surface area contributed by atoms with Crippen molar-refractivity contribution >= 4 is 0 Å². The highest BCUT2D eigenvalue weighted by molar-refractivity contribution is 5.65. The Kier molecular flexibility index (Phi) is 8.57. The minimum atomic E-state index is -0.468. The number of benzene rings is 3. The van der Waals surface area contributed by atoms with Crippen molar-refractivity contribution in [3.63, 3.8) is 0 Å². The maximum absolute atomic E-state index is 11.0. The molecule has 0 saturated heterocycles. The first-order valence-electron chi connectivity index (χ1n) is 12.7. The van der Waals surface area contributed by atoms with Crippen molar-refractivity contribution in [2.75, 3.05) is 13.1 Å². The Balaban J connectivity index is 1.65. The molecule has 0 saturated carbocycles. The predicted molar refractivity (Wildman–Crippen MR) is 146 cm³/mol. The molecule has 0 fully saturated rings. The van der Waals surface area contributed by atoms with Gasteiger partial charge in [0.05, 0.1) is 11.7 Å². The Hall–Kier alpha value is -3.41. The van der Waals surface area contributed by atoms with Crippen LogP contribution in [0.2, 0.25) is 0 Å². The molecular weight excluding hydrogens is 446 g/mol. The van der Waals surface area contributed by atoms with Gasteiger partial charge < -0.3 is 9.84 Å². The van der Waals surface area contributed by atoms with Gasteiger partial charge in [-0.2, -0.15) is 5.10 Å². The Bertz CT molecular complexity index is 1220. The summed E-state index contributed by atoms with van der Waals surface area (Å²) in [4.78, 5) is 2.32. The molecule has 36 heavy (non-hydrogen) atoms. The van der Waals surface area contributed by atoms with E-state index in [0.29, 0.717) is 25.4 Å². The monoisotopic (exact) mass is 483 g/mol. The minimum absolute atomic E-state index is 0.451. The Morgan fingerprint density at radius 3 is 2.17 bits per heavy atom. The van der Waals surface area contributed by atoms with Crippen molar-refractivity contribution in [2.45, 2.75) is 39.8 Å². The van der Waals surface area contributed by atoms with Gasteiger partial charge in [0.1, 0.15) is 11.4 Å². The van der Waals surface area contributed by atoms with Crippen LogP contribution in [0.4, 0.5) is 0 Å². The van der Waals surface area contributed by atoms with Crippen molar-refractivity contribution in [1.82, 2.24) is 14.7 Å². The molecule has 0 aliphatic rings. The summed E-state index contributed by atoms with van der Waals surface area (Å²) >= 11 is 0. The average molecular weight is 484 g/mol. The van der Waals surface area contributed by atoms with E-state index >= 15 is 0 Å². The molecule has 3 aromatic carbocycles. The van der Waals surface area contributed by atoms with Gasteiger partial charge in [-0.3, -0.25) is 4.90 Å². The SMILES string of the molecule is Cc1ccc(Oc2c(CN(CC(C)C)CC(O)Cc3ccccc3)c(-c3ccccc3)nn2C)cc1. The molecule has 0 aliphatic carbocycles. The maximum Gasteiger partial charge on any atom is 0.222 e. The molecule has 1 heterocycles. The van der Waals surface area contributed by atoms with E-state index in [2.05, 4.69) is 62.1 Å². The molecule has 0 amide bonds. The summed E-state index contributed by atoms with van der Waals surface area (Å²) in [5, 5.41) is 15.9. The Labute approximate surface area is 215 Å². The van der Waals surface area contributed by atoms with Gasteiger partial charge in [-0.05, 0) is 37.0 Å². The van der Waals surface area contributed by atoms with Crippen LogP contribution in [0.5, 0.6) is 11.6 Å². The van der Waals surface area contributed by atoms with Gasteiger partial charge >= 0.3 is 0 Å². The number of aliphatic hydroxyl groups is 1. The smallest absolute Gasteiger partial charge is 0.222 e. The molecule has 5 heteroatoms. The third-order valence-corrected chi connectivity index (χ3v) is 6.16.